The fourth-order valence-electron chi connectivity index (χ4n) is 6.42. The number of carbonyl (C=O) groups excluding carboxylic acids is 1. The number of ether oxygens (including phenoxy) is 2. The molecule has 0 aromatic carbocycles. The average molecular weight is 192 g/mol. The van der Waals surface area contributed by atoms with Crippen molar-refractivity contribution >= 4 is 5.97 Å². The molecule has 6 aliphatic rings. The van der Waals surface area contributed by atoms with Crippen molar-refractivity contribution in [1.29, 1.82) is 0 Å². The number of esters is 1. The van der Waals surface area contributed by atoms with Gasteiger partial charge in [-0.3, -0.25) is 4.79 Å². The van der Waals surface area contributed by atoms with Crippen LogP contribution in [0.1, 0.15) is 0 Å². The normalized spacial score (nSPS) is 77.0. The van der Waals surface area contributed by atoms with Crippen LogP contribution in [-0.4, -0.2) is 25.8 Å². The molecular formula is C11H12O3. The predicted octanol–water partition coefficient (Wildman–Crippen LogP) is 0.296. The lowest BCUT2D eigenvalue weighted by Gasteiger charge is -3.09. The Morgan fingerprint density at radius 2 is 1.50 bits per heavy atom. The molecule has 0 atom stereocenters. The number of methoxy groups -OCH3 is 2. The van der Waals surface area contributed by atoms with Crippen LogP contribution in [0.25, 0.3) is 0 Å². The van der Waals surface area contributed by atoms with Crippen molar-refractivity contribution in [2.24, 2.45) is 40.9 Å². The zero-order chi connectivity index (χ0) is 9.46. The first-order valence-corrected chi connectivity index (χ1v) is 5.41. The van der Waals surface area contributed by atoms with Gasteiger partial charge in [0, 0.05) is 7.11 Å². The van der Waals surface area contributed by atoms with E-state index in [4.69, 9.17) is 9.47 Å². The first kappa shape index (κ1) is 6.83. The summed E-state index contributed by atoms with van der Waals surface area (Å²) in [6.45, 7) is 0. The van der Waals surface area contributed by atoms with Crippen LogP contribution < -0.4 is 0 Å². The Morgan fingerprint density at radius 1 is 1.00 bits per heavy atom. The second-order valence-electron chi connectivity index (χ2n) is 5.64. The molecule has 74 valence electrons. The third kappa shape index (κ3) is 0.251. The molecule has 0 N–H and O–H groups in total. The van der Waals surface area contributed by atoms with E-state index >= 15 is 0 Å². The summed E-state index contributed by atoms with van der Waals surface area (Å²) in [7, 11) is 3.36. The summed E-state index contributed by atoms with van der Waals surface area (Å²) in [5, 5.41) is 0. The van der Waals surface area contributed by atoms with E-state index in [0.717, 1.165) is 17.8 Å². The molecule has 0 unspecified atom stereocenters. The molecule has 6 rings (SSSR count). The van der Waals surface area contributed by atoms with E-state index in [0.29, 0.717) is 17.8 Å². The summed E-state index contributed by atoms with van der Waals surface area (Å²) in [6, 6.07) is 0. The number of carbonyl (C=O) groups is 1. The smallest absolute Gasteiger partial charge is 0.312 e. The predicted molar refractivity (Wildman–Crippen MR) is 45.1 cm³/mol. The van der Waals surface area contributed by atoms with Gasteiger partial charge in [0.05, 0.1) is 18.1 Å². The molecule has 0 bridgehead atoms. The summed E-state index contributed by atoms with van der Waals surface area (Å²) >= 11 is 0. The Morgan fingerprint density at radius 3 is 1.86 bits per heavy atom. The summed E-state index contributed by atoms with van der Waals surface area (Å²) in [4.78, 5) is 11.7. The molecule has 0 aliphatic heterocycles. The third-order valence-corrected chi connectivity index (χ3v) is 6.43. The summed E-state index contributed by atoms with van der Waals surface area (Å²) < 4.78 is 10.6. The molecule has 0 amide bonds. The van der Waals surface area contributed by atoms with Crippen molar-refractivity contribution in [2.75, 3.05) is 14.2 Å². The van der Waals surface area contributed by atoms with Crippen molar-refractivity contribution in [3.05, 3.63) is 0 Å². The first-order valence-electron chi connectivity index (χ1n) is 5.41. The van der Waals surface area contributed by atoms with Crippen LogP contribution in [-0.2, 0) is 14.3 Å². The van der Waals surface area contributed by atoms with Gasteiger partial charge >= 0.3 is 5.97 Å². The molecule has 0 spiro atoms. The van der Waals surface area contributed by atoms with E-state index in [1.807, 2.05) is 7.11 Å². The van der Waals surface area contributed by atoms with Crippen molar-refractivity contribution < 1.29 is 14.3 Å². The van der Waals surface area contributed by atoms with E-state index in [9.17, 15) is 4.79 Å². The highest BCUT2D eigenvalue weighted by Gasteiger charge is 3.12. The maximum absolute atomic E-state index is 11.7. The zero-order valence-corrected chi connectivity index (χ0v) is 8.19. The Kier molecular flexibility index (Phi) is 0.668. The molecule has 0 aromatic rings. The van der Waals surface area contributed by atoms with Gasteiger partial charge in [-0.2, -0.15) is 0 Å². The minimum Gasteiger partial charge on any atom is -0.469 e. The number of hydrogen-bond acceptors (Lipinski definition) is 3. The molecular weight excluding hydrogens is 180 g/mol. The van der Waals surface area contributed by atoms with Crippen LogP contribution in [0.2, 0.25) is 0 Å². The Hall–Kier alpha value is -0.570. The molecule has 0 saturated heterocycles. The molecule has 6 aliphatic carbocycles. The maximum Gasteiger partial charge on any atom is 0.312 e. The zero-order valence-electron chi connectivity index (χ0n) is 8.19. The summed E-state index contributed by atoms with van der Waals surface area (Å²) in [5.74, 6) is 4.20. The molecule has 3 heteroatoms. The van der Waals surface area contributed by atoms with Gasteiger partial charge in [0.15, 0.2) is 0 Å². The van der Waals surface area contributed by atoms with Gasteiger partial charge in [0.25, 0.3) is 0 Å². The van der Waals surface area contributed by atoms with E-state index < -0.39 is 0 Å². The Balaban J connectivity index is 1.59. The maximum atomic E-state index is 11.7. The van der Waals surface area contributed by atoms with Crippen molar-refractivity contribution in [2.45, 2.75) is 5.60 Å². The molecule has 0 radical (unpaired) electrons. The minimum atomic E-state index is 0.00896. The lowest BCUT2D eigenvalue weighted by Crippen LogP contribution is -3.14. The van der Waals surface area contributed by atoms with Crippen LogP contribution in [0.5, 0.6) is 0 Å². The van der Waals surface area contributed by atoms with Crippen LogP contribution in [0, 0.1) is 40.9 Å². The highest BCUT2D eigenvalue weighted by atomic mass is 16.5. The molecule has 14 heavy (non-hydrogen) atoms. The highest BCUT2D eigenvalue weighted by Crippen LogP contribution is 3.07. The van der Waals surface area contributed by atoms with E-state index in [2.05, 4.69) is 0 Å². The van der Waals surface area contributed by atoms with E-state index in [1.54, 1.807) is 0 Å². The van der Waals surface area contributed by atoms with Crippen LogP contribution in [0.3, 0.4) is 0 Å². The summed E-state index contributed by atoms with van der Waals surface area (Å²) in [5.41, 5.74) is 0.269. The van der Waals surface area contributed by atoms with Gasteiger partial charge in [0.1, 0.15) is 0 Å². The summed E-state index contributed by atoms with van der Waals surface area (Å²) in [6.07, 6.45) is 0. The topological polar surface area (TPSA) is 35.5 Å². The van der Waals surface area contributed by atoms with Gasteiger partial charge in [0.2, 0.25) is 0 Å². The van der Waals surface area contributed by atoms with Gasteiger partial charge in [-0.05, 0) is 35.5 Å². The second kappa shape index (κ2) is 1.37. The Labute approximate surface area is 81.7 Å². The van der Waals surface area contributed by atoms with Gasteiger partial charge in [-0.15, -0.1) is 0 Å². The SMILES string of the molecule is COC(=O)C12C3C4C1C1C2C3C41OC. The van der Waals surface area contributed by atoms with Gasteiger partial charge in [-0.25, -0.2) is 0 Å². The highest BCUT2D eigenvalue weighted by molar-refractivity contribution is 5.88. The number of rotatable bonds is 2. The average Bonchev–Trinajstić information content (AvgIpc) is 2.27. The van der Waals surface area contributed by atoms with Crippen molar-refractivity contribution in [3.63, 3.8) is 0 Å². The largest absolute Gasteiger partial charge is 0.469 e. The van der Waals surface area contributed by atoms with Gasteiger partial charge in [-0.1, -0.05) is 0 Å². The lowest BCUT2D eigenvalue weighted by molar-refractivity contribution is -0.650. The standard InChI is InChI=1S/C11H12O3/c1-13-9(12)10-3-6-4(10)8-5(10)7(3)11(6,8)14-2/h3-8H,1-2H3. The van der Waals surface area contributed by atoms with Crippen molar-refractivity contribution in [3.8, 4) is 0 Å². The number of hydrogen-bond donors (Lipinski definition) is 0. The van der Waals surface area contributed by atoms with E-state index in [-0.39, 0.29) is 17.0 Å². The monoisotopic (exact) mass is 192 g/mol. The molecule has 3 nitrogen and oxygen atoms in total. The Bertz CT molecular complexity index is 346. The minimum absolute atomic E-state index is 0.00896. The van der Waals surface area contributed by atoms with Gasteiger partial charge < -0.3 is 9.47 Å². The lowest BCUT2D eigenvalue weighted by atomic mass is 8.95. The molecule has 6 fully saturated rings. The van der Waals surface area contributed by atoms with Crippen LogP contribution in [0.15, 0.2) is 0 Å². The second-order valence-corrected chi connectivity index (χ2v) is 5.64. The quantitative estimate of drug-likeness (QED) is 0.590. The molecule has 0 aromatic heterocycles. The van der Waals surface area contributed by atoms with Crippen LogP contribution >= 0.6 is 0 Å². The fourth-order valence-corrected chi connectivity index (χ4v) is 6.42. The van der Waals surface area contributed by atoms with Crippen molar-refractivity contribution in [1.82, 2.24) is 0 Å². The van der Waals surface area contributed by atoms with E-state index in [1.165, 1.54) is 7.11 Å². The molecule has 6 saturated carbocycles. The van der Waals surface area contributed by atoms with Crippen LogP contribution in [0.4, 0.5) is 0 Å². The fraction of sp³-hybridized carbons (Fsp3) is 0.909. The first-order chi connectivity index (χ1) is 6.77. The third-order valence-electron chi connectivity index (χ3n) is 6.43. The molecule has 0 heterocycles.